The van der Waals surface area contributed by atoms with Crippen LogP contribution in [0.5, 0.6) is 0 Å². The van der Waals surface area contributed by atoms with Gasteiger partial charge in [-0.15, -0.1) is 0 Å². The lowest BCUT2D eigenvalue weighted by Gasteiger charge is -2.40. The van der Waals surface area contributed by atoms with E-state index in [0.29, 0.717) is 12.6 Å². The number of nitrogens with zero attached hydrogens (tertiary/aromatic N) is 2. The molecule has 4 nitrogen and oxygen atoms in total. The number of carbonyl (C=O) groups is 1. The molecule has 1 heterocycles. The van der Waals surface area contributed by atoms with Crippen molar-refractivity contribution >= 4 is 5.97 Å². The highest BCUT2D eigenvalue weighted by Gasteiger charge is 2.31. The minimum Gasteiger partial charge on any atom is -0.480 e. The number of hydrogen-bond donors (Lipinski definition) is 1. The third kappa shape index (κ3) is 2.45. The topological polar surface area (TPSA) is 43.8 Å². The van der Waals surface area contributed by atoms with Crippen molar-refractivity contribution in [1.82, 2.24) is 9.80 Å². The molecule has 2 unspecified atom stereocenters. The maximum absolute atomic E-state index is 11.0. The Labute approximate surface area is 85.5 Å². The molecule has 2 atom stereocenters. The molecule has 4 heteroatoms. The largest absolute Gasteiger partial charge is 0.480 e. The van der Waals surface area contributed by atoms with Crippen molar-refractivity contribution in [3.8, 4) is 0 Å². The number of piperazine rings is 1. The van der Waals surface area contributed by atoms with Crippen LogP contribution in [0.4, 0.5) is 0 Å². The van der Waals surface area contributed by atoms with Crippen molar-refractivity contribution in [2.75, 3.05) is 26.7 Å². The van der Waals surface area contributed by atoms with Gasteiger partial charge in [0.1, 0.15) is 6.04 Å². The highest BCUT2D eigenvalue weighted by atomic mass is 16.4. The lowest BCUT2D eigenvalue weighted by atomic mass is 10.1. The molecule has 1 rings (SSSR count). The Morgan fingerprint density at radius 2 is 2.21 bits per heavy atom. The first-order valence-electron chi connectivity index (χ1n) is 5.23. The monoisotopic (exact) mass is 200 g/mol. The lowest BCUT2D eigenvalue weighted by Crippen LogP contribution is -2.56. The number of hydrogen-bond acceptors (Lipinski definition) is 3. The van der Waals surface area contributed by atoms with Gasteiger partial charge in [0.2, 0.25) is 0 Å². The van der Waals surface area contributed by atoms with E-state index in [4.69, 9.17) is 5.11 Å². The lowest BCUT2D eigenvalue weighted by molar-refractivity contribution is -0.145. The SMILES string of the molecule is CCC(C)N1CCN(C)C(C(=O)O)C1. The minimum atomic E-state index is -0.708. The van der Waals surface area contributed by atoms with Gasteiger partial charge in [-0.3, -0.25) is 14.6 Å². The summed E-state index contributed by atoms with van der Waals surface area (Å²) >= 11 is 0. The molecule has 0 radical (unpaired) electrons. The van der Waals surface area contributed by atoms with E-state index in [-0.39, 0.29) is 6.04 Å². The normalized spacial score (nSPS) is 27.5. The molecule has 0 saturated carbocycles. The molecule has 82 valence electrons. The second-order valence-electron chi connectivity index (χ2n) is 4.09. The molecule has 0 spiro atoms. The molecule has 1 aliphatic rings. The summed E-state index contributed by atoms with van der Waals surface area (Å²) in [7, 11) is 1.88. The van der Waals surface area contributed by atoms with Gasteiger partial charge in [0.05, 0.1) is 0 Å². The third-order valence-corrected chi connectivity index (χ3v) is 3.18. The van der Waals surface area contributed by atoms with Gasteiger partial charge < -0.3 is 5.11 Å². The fraction of sp³-hybridized carbons (Fsp3) is 0.900. The quantitative estimate of drug-likeness (QED) is 0.720. The fourth-order valence-electron chi connectivity index (χ4n) is 1.82. The Bertz CT molecular complexity index is 208. The van der Waals surface area contributed by atoms with Crippen LogP contribution in [-0.2, 0) is 4.79 Å². The summed E-state index contributed by atoms with van der Waals surface area (Å²) in [6.45, 7) is 6.78. The van der Waals surface area contributed by atoms with Crippen molar-refractivity contribution in [2.45, 2.75) is 32.4 Å². The van der Waals surface area contributed by atoms with Gasteiger partial charge in [-0.05, 0) is 20.4 Å². The predicted molar refractivity (Wildman–Crippen MR) is 55.4 cm³/mol. The summed E-state index contributed by atoms with van der Waals surface area (Å²) in [6, 6.07) is 0.156. The Hall–Kier alpha value is -0.610. The summed E-state index contributed by atoms with van der Waals surface area (Å²) in [5, 5.41) is 9.01. The Morgan fingerprint density at radius 3 is 2.71 bits per heavy atom. The van der Waals surface area contributed by atoms with Gasteiger partial charge in [0.15, 0.2) is 0 Å². The Balaban J connectivity index is 2.57. The van der Waals surface area contributed by atoms with E-state index in [2.05, 4.69) is 18.7 Å². The van der Waals surface area contributed by atoms with Gasteiger partial charge in [0, 0.05) is 25.7 Å². The van der Waals surface area contributed by atoms with E-state index >= 15 is 0 Å². The molecule has 0 amide bonds. The fourth-order valence-corrected chi connectivity index (χ4v) is 1.82. The summed E-state index contributed by atoms with van der Waals surface area (Å²) in [5.74, 6) is -0.708. The zero-order valence-corrected chi connectivity index (χ0v) is 9.23. The van der Waals surface area contributed by atoms with Gasteiger partial charge >= 0.3 is 5.97 Å². The van der Waals surface area contributed by atoms with Gasteiger partial charge in [0.25, 0.3) is 0 Å². The number of rotatable bonds is 3. The summed E-state index contributed by atoms with van der Waals surface area (Å²) in [5.41, 5.74) is 0. The molecule has 1 fully saturated rings. The first kappa shape index (κ1) is 11.5. The Morgan fingerprint density at radius 1 is 1.57 bits per heavy atom. The maximum Gasteiger partial charge on any atom is 0.322 e. The van der Waals surface area contributed by atoms with Crippen LogP contribution in [-0.4, -0.2) is 59.6 Å². The molecule has 1 saturated heterocycles. The van der Waals surface area contributed by atoms with Crippen LogP contribution in [0.15, 0.2) is 0 Å². The zero-order valence-electron chi connectivity index (χ0n) is 9.23. The van der Waals surface area contributed by atoms with Crippen LogP contribution in [0.25, 0.3) is 0 Å². The predicted octanol–water partition coefficient (Wildman–Crippen LogP) is 0.485. The first-order valence-corrected chi connectivity index (χ1v) is 5.23. The van der Waals surface area contributed by atoms with Crippen LogP contribution in [0, 0.1) is 0 Å². The van der Waals surface area contributed by atoms with E-state index in [1.165, 1.54) is 0 Å². The smallest absolute Gasteiger partial charge is 0.322 e. The molecular weight excluding hydrogens is 180 g/mol. The molecule has 0 bridgehead atoms. The number of aliphatic carboxylic acids is 1. The average Bonchev–Trinajstić information content (AvgIpc) is 2.17. The number of carboxylic acid groups (broad SMARTS) is 1. The van der Waals surface area contributed by atoms with Gasteiger partial charge in [-0.25, -0.2) is 0 Å². The van der Waals surface area contributed by atoms with Crippen LogP contribution in [0.2, 0.25) is 0 Å². The van der Waals surface area contributed by atoms with Crippen LogP contribution in [0.3, 0.4) is 0 Å². The van der Waals surface area contributed by atoms with Crippen molar-refractivity contribution in [3.05, 3.63) is 0 Å². The van der Waals surface area contributed by atoms with Crippen LogP contribution < -0.4 is 0 Å². The molecule has 0 aromatic rings. The molecule has 1 N–H and O–H groups in total. The second kappa shape index (κ2) is 4.75. The van der Waals surface area contributed by atoms with Crippen molar-refractivity contribution in [2.24, 2.45) is 0 Å². The highest BCUT2D eigenvalue weighted by Crippen LogP contribution is 2.12. The van der Waals surface area contributed by atoms with Gasteiger partial charge in [-0.2, -0.15) is 0 Å². The second-order valence-corrected chi connectivity index (χ2v) is 4.09. The van der Waals surface area contributed by atoms with E-state index in [1.807, 2.05) is 11.9 Å². The molecule has 0 aromatic carbocycles. The van der Waals surface area contributed by atoms with E-state index in [0.717, 1.165) is 19.5 Å². The summed E-state index contributed by atoms with van der Waals surface area (Å²) in [4.78, 5) is 15.1. The number of likely N-dealkylation sites (N-methyl/N-ethyl adjacent to an activating group) is 1. The van der Waals surface area contributed by atoms with Crippen LogP contribution in [0.1, 0.15) is 20.3 Å². The third-order valence-electron chi connectivity index (χ3n) is 3.18. The maximum atomic E-state index is 11.0. The first-order chi connectivity index (χ1) is 6.56. The highest BCUT2D eigenvalue weighted by molar-refractivity contribution is 5.73. The average molecular weight is 200 g/mol. The van der Waals surface area contributed by atoms with Gasteiger partial charge in [-0.1, -0.05) is 6.92 Å². The van der Waals surface area contributed by atoms with Crippen molar-refractivity contribution in [3.63, 3.8) is 0 Å². The molecule has 0 aliphatic carbocycles. The summed E-state index contributed by atoms with van der Waals surface area (Å²) < 4.78 is 0. The summed E-state index contributed by atoms with van der Waals surface area (Å²) in [6.07, 6.45) is 1.08. The molecule has 1 aliphatic heterocycles. The van der Waals surface area contributed by atoms with Crippen LogP contribution >= 0.6 is 0 Å². The van der Waals surface area contributed by atoms with E-state index in [9.17, 15) is 4.79 Å². The minimum absolute atomic E-state index is 0.335. The number of carboxylic acids is 1. The Kier molecular flexibility index (Phi) is 3.89. The molecule has 0 aromatic heterocycles. The standard InChI is InChI=1S/C10H20N2O2/c1-4-8(2)12-6-5-11(3)9(7-12)10(13)14/h8-9H,4-7H2,1-3H3,(H,13,14). The molecule has 14 heavy (non-hydrogen) atoms. The molecular formula is C10H20N2O2. The zero-order chi connectivity index (χ0) is 10.7. The van der Waals surface area contributed by atoms with Crippen molar-refractivity contribution in [1.29, 1.82) is 0 Å². The van der Waals surface area contributed by atoms with E-state index in [1.54, 1.807) is 0 Å². The van der Waals surface area contributed by atoms with Crippen molar-refractivity contribution < 1.29 is 9.90 Å². The van der Waals surface area contributed by atoms with E-state index < -0.39 is 5.97 Å².